The Bertz CT molecular complexity index is 3030. The largest absolute Gasteiger partial charge is 0.456 e. The van der Waals surface area contributed by atoms with E-state index in [0.717, 1.165) is 0 Å². The van der Waals surface area contributed by atoms with Crippen LogP contribution in [0.5, 0.6) is 0 Å². The molecule has 0 aliphatic heterocycles. The molecule has 1 heterocycles. The fourth-order valence-corrected chi connectivity index (χ4v) is 6.27. The monoisotopic (exact) mass is 582 g/mol. The van der Waals surface area contributed by atoms with Crippen molar-refractivity contribution in [3.05, 3.63) is 170 Å². The van der Waals surface area contributed by atoms with Crippen molar-refractivity contribution in [2.75, 3.05) is 0 Å². The number of fused-ring (bicyclic) bond motifs is 5. The summed E-state index contributed by atoms with van der Waals surface area (Å²) in [6, 6.07) is 29.9. The topological polar surface area (TPSA) is 13.1 Å². The van der Waals surface area contributed by atoms with Crippen LogP contribution in [0.25, 0.3) is 88.0 Å². The van der Waals surface area contributed by atoms with Crippen molar-refractivity contribution in [2.45, 2.75) is 0 Å². The lowest BCUT2D eigenvalue weighted by Gasteiger charge is -2.18. The normalized spacial score (nSPS) is 14.7. The van der Waals surface area contributed by atoms with E-state index in [-0.39, 0.29) is 98.6 Å². The minimum Gasteiger partial charge on any atom is -0.456 e. The molecule has 8 aromatic carbocycles. The Morgan fingerprint density at radius 3 is 1.56 bits per heavy atom. The molecule has 0 amide bonds. The lowest BCUT2D eigenvalue weighted by atomic mass is 9.84. The Hall–Kier alpha value is -5.92. The third kappa shape index (κ3) is 4.17. The first-order valence-corrected chi connectivity index (χ1v) is 14.6. The number of rotatable bonds is 4. The summed E-state index contributed by atoms with van der Waals surface area (Å²) in [6.07, 6.45) is 0. The molecule has 45 heavy (non-hydrogen) atoms. The van der Waals surface area contributed by atoms with Gasteiger partial charge in [0.1, 0.15) is 11.2 Å². The highest BCUT2D eigenvalue weighted by atomic mass is 16.3. The van der Waals surface area contributed by atoms with Crippen LogP contribution in [-0.2, 0) is 0 Å². The highest BCUT2D eigenvalue weighted by Crippen LogP contribution is 2.47. The van der Waals surface area contributed by atoms with Crippen LogP contribution in [0.15, 0.2) is 174 Å². The van der Waals surface area contributed by atoms with Crippen LogP contribution in [0.4, 0.5) is 0 Å². The third-order valence-corrected chi connectivity index (χ3v) is 8.25. The van der Waals surface area contributed by atoms with Gasteiger partial charge in [0.15, 0.2) is 0 Å². The van der Waals surface area contributed by atoms with E-state index < -0.39 is 6.04 Å². The second kappa shape index (κ2) is 10.4. The van der Waals surface area contributed by atoms with Crippen LogP contribution in [-0.4, -0.2) is 0 Å². The van der Waals surface area contributed by atoms with Gasteiger partial charge >= 0.3 is 0 Å². The Labute approximate surface area is 275 Å². The van der Waals surface area contributed by atoms with Crippen molar-refractivity contribution in [1.29, 1.82) is 0 Å². The van der Waals surface area contributed by atoms with Crippen LogP contribution in [0.2, 0.25) is 0 Å². The zero-order valence-corrected chi connectivity index (χ0v) is 23.8. The summed E-state index contributed by atoms with van der Waals surface area (Å²) >= 11 is 0. The van der Waals surface area contributed by atoms with E-state index in [2.05, 4.69) is 0 Å². The highest BCUT2D eigenvalue weighted by molar-refractivity contribution is 6.25. The summed E-state index contributed by atoms with van der Waals surface area (Å²) in [4.78, 5) is 0. The smallest absolute Gasteiger partial charge is 0.136 e. The van der Waals surface area contributed by atoms with E-state index in [4.69, 9.17) is 11.3 Å². The van der Waals surface area contributed by atoms with Gasteiger partial charge in [-0.05, 0) is 90.2 Å². The number of hydrogen-bond acceptors (Lipinski definition) is 1. The molecule has 0 N–H and O–H groups in total. The molecule has 0 radical (unpaired) electrons. The average molecular weight is 583 g/mol. The quantitative estimate of drug-likeness (QED) is 0.188. The molecule has 0 saturated heterocycles. The molecule has 0 aliphatic carbocycles. The Balaban J connectivity index is 1.47. The maximum absolute atomic E-state index is 9.51. The minimum atomic E-state index is -0.412. The fourth-order valence-electron chi connectivity index (χ4n) is 6.27. The van der Waals surface area contributed by atoms with Crippen molar-refractivity contribution >= 4 is 43.5 Å². The van der Waals surface area contributed by atoms with Gasteiger partial charge < -0.3 is 4.42 Å². The number of benzene rings is 8. The Morgan fingerprint density at radius 2 is 0.911 bits per heavy atom. The molecule has 0 aliphatic rings. The molecule has 0 spiro atoms. The first-order valence-electron chi connectivity index (χ1n) is 19.6. The standard InChI is InChI=1S/C44H28O/c1-3-13-29(14-4-1)31-17-11-18-33(27-31)42-34-19-7-9-21-36(34)43(37-22-10-8-20-35(37)42)39-23-12-24-40-44(39)38-26-25-32(28-41(38)45-40)30-15-5-2-6-16-30/h1-28H/i11D,12D,17D,18D,23D,24D,25D,26D,27D,28D. The predicted octanol–water partition coefficient (Wildman–Crippen LogP) is 12.6. The van der Waals surface area contributed by atoms with Crippen LogP contribution >= 0.6 is 0 Å². The van der Waals surface area contributed by atoms with Crippen molar-refractivity contribution in [1.82, 2.24) is 0 Å². The lowest BCUT2D eigenvalue weighted by Crippen LogP contribution is -1.91. The van der Waals surface area contributed by atoms with Crippen LogP contribution < -0.4 is 0 Å². The first kappa shape index (κ1) is 17.4. The van der Waals surface area contributed by atoms with Gasteiger partial charge in [0.25, 0.3) is 0 Å². The van der Waals surface area contributed by atoms with Gasteiger partial charge in [-0.2, -0.15) is 0 Å². The van der Waals surface area contributed by atoms with Crippen LogP contribution in [0.1, 0.15) is 13.7 Å². The van der Waals surface area contributed by atoms with Gasteiger partial charge in [0.05, 0.1) is 13.7 Å². The lowest BCUT2D eigenvalue weighted by molar-refractivity contribution is 0.669. The van der Waals surface area contributed by atoms with E-state index in [1.807, 2.05) is 60.7 Å². The SMILES string of the molecule is [2H]c1c([2H])c(-c2ccccc2)c([2H])c(-c2c3ccccc3c(-c3c([2H])c([2H])c([2H])c4oc5c([2H])c(-c6ccccc6)c([2H])c([2H])c5c34)c3ccccc23)c1[2H]. The highest BCUT2D eigenvalue weighted by Gasteiger charge is 2.20. The molecule has 1 nitrogen and oxygen atoms in total. The van der Waals surface area contributed by atoms with Gasteiger partial charge in [-0.15, -0.1) is 0 Å². The second-order valence-corrected chi connectivity index (χ2v) is 10.8. The molecule has 0 bridgehead atoms. The maximum atomic E-state index is 9.51. The maximum Gasteiger partial charge on any atom is 0.136 e. The van der Waals surface area contributed by atoms with Crippen LogP contribution in [0.3, 0.4) is 0 Å². The van der Waals surface area contributed by atoms with Gasteiger partial charge in [-0.1, -0.05) is 145 Å². The molecule has 9 aromatic rings. The van der Waals surface area contributed by atoms with Gasteiger partial charge in [0, 0.05) is 10.8 Å². The molecule has 0 atom stereocenters. The summed E-state index contributed by atoms with van der Waals surface area (Å²) in [5.74, 6) is 0. The fraction of sp³-hybridized carbons (Fsp3) is 0. The summed E-state index contributed by atoms with van der Waals surface area (Å²) in [5.41, 5.74) is 2.80. The predicted molar refractivity (Wildman–Crippen MR) is 190 cm³/mol. The summed E-state index contributed by atoms with van der Waals surface area (Å²) < 4.78 is 97.6. The molecule has 1 aromatic heterocycles. The molecule has 1 heteroatoms. The molecule has 0 saturated carbocycles. The number of furan rings is 1. The molecule has 9 rings (SSSR count). The number of hydrogen-bond donors (Lipinski definition) is 0. The van der Waals surface area contributed by atoms with Gasteiger partial charge in [-0.3, -0.25) is 0 Å². The van der Waals surface area contributed by atoms with E-state index in [1.165, 1.54) is 0 Å². The minimum absolute atomic E-state index is 0.0237. The zero-order valence-electron chi connectivity index (χ0n) is 33.8. The molecule has 210 valence electrons. The van der Waals surface area contributed by atoms with Crippen molar-refractivity contribution in [2.24, 2.45) is 0 Å². The third-order valence-electron chi connectivity index (χ3n) is 8.25. The first-order chi connectivity index (χ1) is 26.5. The molecule has 0 unspecified atom stereocenters. The van der Waals surface area contributed by atoms with Crippen molar-refractivity contribution in [3.8, 4) is 44.5 Å². The average Bonchev–Trinajstić information content (AvgIpc) is 3.61. The van der Waals surface area contributed by atoms with E-state index in [0.29, 0.717) is 43.8 Å². The molecular formula is C44H28O. The van der Waals surface area contributed by atoms with Crippen LogP contribution in [0, 0.1) is 0 Å². The van der Waals surface area contributed by atoms with Crippen molar-refractivity contribution in [3.63, 3.8) is 0 Å². The summed E-state index contributed by atoms with van der Waals surface area (Å²) in [6.45, 7) is 0. The second-order valence-electron chi connectivity index (χ2n) is 10.8. The van der Waals surface area contributed by atoms with Gasteiger partial charge in [-0.25, -0.2) is 0 Å². The molecule has 0 fully saturated rings. The van der Waals surface area contributed by atoms with Gasteiger partial charge in [0.2, 0.25) is 0 Å². The Kier molecular flexibility index (Phi) is 4.01. The van der Waals surface area contributed by atoms with E-state index in [1.54, 1.807) is 48.5 Å². The summed E-state index contributed by atoms with van der Waals surface area (Å²) in [5, 5.41) is 2.58. The summed E-state index contributed by atoms with van der Waals surface area (Å²) in [7, 11) is 0. The zero-order chi connectivity index (χ0) is 38.4. The van der Waals surface area contributed by atoms with E-state index >= 15 is 0 Å². The Morgan fingerprint density at radius 1 is 0.378 bits per heavy atom. The van der Waals surface area contributed by atoms with E-state index in [9.17, 15) is 6.85 Å². The molecular weight excluding hydrogens is 544 g/mol. The van der Waals surface area contributed by atoms with Crippen molar-refractivity contribution < 1.29 is 18.1 Å².